The van der Waals surface area contributed by atoms with E-state index >= 15 is 0 Å². The van der Waals surface area contributed by atoms with Crippen molar-refractivity contribution in [3.05, 3.63) is 86.3 Å². The molecule has 0 spiro atoms. The van der Waals surface area contributed by atoms with Crippen LogP contribution in [0.4, 0.5) is 5.69 Å². The first kappa shape index (κ1) is 21.9. The third kappa shape index (κ3) is 4.08. The van der Waals surface area contributed by atoms with Crippen LogP contribution in [0.15, 0.2) is 68.1 Å². The largest absolute Gasteiger partial charge is 0.467 e. The molecule has 0 fully saturated rings. The summed E-state index contributed by atoms with van der Waals surface area (Å²) in [4.78, 5) is 39.0. The Hall–Kier alpha value is -3.92. The predicted octanol–water partition coefficient (Wildman–Crippen LogP) is 3.50. The van der Waals surface area contributed by atoms with E-state index in [0.29, 0.717) is 21.7 Å². The van der Waals surface area contributed by atoms with Crippen molar-refractivity contribution in [1.29, 1.82) is 0 Å². The van der Waals surface area contributed by atoms with E-state index in [-0.39, 0.29) is 30.3 Å². The molecule has 0 atom stereocenters. The summed E-state index contributed by atoms with van der Waals surface area (Å²) in [6.07, 6.45) is 4.76. The van der Waals surface area contributed by atoms with Crippen LogP contribution in [0.2, 0.25) is 0 Å². The average Bonchev–Trinajstić information content (AvgIpc) is 3.58. The van der Waals surface area contributed by atoms with Crippen molar-refractivity contribution in [2.45, 2.75) is 39.3 Å². The second-order valence-corrected chi connectivity index (χ2v) is 8.95. The first-order chi connectivity index (χ1) is 16.5. The molecular weight excluding hydrogens is 454 g/mol. The van der Waals surface area contributed by atoms with Gasteiger partial charge in [-0.15, -0.1) is 16.4 Å². The molecule has 0 unspecified atom stereocenters. The maximum Gasteiger partial charge on any atom is 0.352 e. The van der Waals surface area contributed by atoms with Gasteiger partial charge in [0.1, 0.15) is 17.0 Å². The van der Waals surface area contributed by atoms with Crippen LogP contribution in [-0.2, 0) is 24.3 Å². The number of furan rings is 1. The van der Waals surface area contributed by atoms with E-state index in [1.165, 1.54) is 32.1 Å². The van der Waals surface area contributed by atoms with Crippen LogP contribution in [0.1, 0.15) is 31.1 Å². The molecule has 4 aromatic heterocycles. The number of amides is 1. The molecule has 0 saturated carbocycles. The highest BCUT2D eigenvalue weighted by Gasteiger charge is 2.20. The second-order valence-electron chi connectivity index (χ2n) is 8.03. The number of unbranched alkanes of at least 4 members (excludes halogenated alkanes) is 1. The van der Waals surface area contributed by atoms with Crippen LogP contribution in [0.5, 0.6) is 0 Å². The van der Waals surface area contributed by atoms with E-state index in [1.807, 2.05) is 24.3 Å². The van der Waals surface area contributed by atoms with Gasteiger partial charge in [0.15, 0.2) is 0 Å². The topological polar surface area (TPSA) is 104 Å². The zero-order valence-electron chi connectivity index (χ0n) is 18.6. The van der Waals surface area contributed by atoms with Crippen LogP contribution >= 0.6 is 11.3 Å². The Morgan fingerprint density at radius 1 is 1.15 bits per heavy atom. The molecule has 1 aromatic carbocycles. The van der Waals surface area contributed by atoms with E-state index in [1.54, 1.807) is 23.6 Å². The number of carbonyl (C=O) groups is 1. The van der Waals surface area contributed by atoms with Gasteiger partial charge in [-0.25, -0.2) is 13.9 Å². The van der Waals surface area contributed by atoms with Gasteiger partial charge in [-0.1, -0.05) is 25.5 Å². The molecule has 0 aliphatic rings. The lowest BCUT2D eigenvalue weighted by Crippen LogP contribution is -2.29. The number of hydrogen-bond donors (Lipinski definition) is 1. The number of aryl methyl sites for hydroxylation is 1. The molecule has 0 saturated heterocycles. The average molecular weight is 478 g/mol. The van der Waals surface area contributed by atoms with Crippen LogP contribution in [0.25, 0.3) is 16.0 Å². The molecule has 1 amide bonds. The fourth-order valence-electron chi connectivity index (χ4n) is 3.91. The molecule has 0 aliphatic heterocycles. The Bertz CT molecular complexity index is 1570. The summed E-state index contributed by atoms with van der Waals surface area (Å²) in [7, 11) is 0. The van der Waals surface area contributed by atoms with Crippen LogP contribution in [0, 0.1) is 0 Å². The number of anilines is 1. The summed E-state index contributed by atoms with van der Waals surface area (Å²) >= 11 is 1.26. The highest BCUT2D eigenvalue weighted by molar-refractivity contribution is 7.17. The maximum absolute atomic E-state index is 13.2. The van der Waals surface area contributed by atoms with E-state index in [9.17, 15) is 14.4 Å². The quantitative estimate of drug-likeness (QED) is 0.368. The third-order valence-electron chi connectivity index (χ3n) is 5.63. The van der Waals surface area contributed by atoms with Gasteiger partial charge < -0.3 is 9.73 Å². The molecule has 34 heavy (non-hydrogen) atoms. The third-order valence-corrected chi connectivity index (χ3v) is 6.52. The molecule has 5 rings (SSSR count). The highest BCUT2D eigenvalue weighted by atomic mass is 32.1. The number of nitrogens with zero attached hydrogens (tertiary/aromatic N) is 4. The summed E-state index contributed by atoms with van der Waals surface area (Å²) < 4.78 is 9.67. The standard InChI is InChI=1S/C24H23N5O4S/c1-2-3-5-16-7-9-17(10-8-16)25-20(30)15-28-24(32)29-19-11-13-34-21(19)22(31)27(23(29)26-28)14-18-6-4-12-33-18/h4,6-13H,2-3,5,14-15H2,1H3,(H,25,30). The molecule has 0 bridgehead atoms. The van der Waals surface area contributed by atoms with E-state index in [2.05, 4.69) is 17.3 Å². The smallest absolute Gasteiger partial charge is 0.352 e. The second kappa shape index (κ2) is 9.14. The van der Waals surface area contributed by atoms with Gasteiger partial charge in [0.25, 0.3) is 5.56 Å². The van der Waals surface area contributed by atoms with Crippen molar-refractivity contribution in [3.8, 4) is 0 Å². The van der Waals surface area contributed by atoms with Gasteiger partial charge in [0.05, 0.1) is 18.3 Å². The van der Waals surface area contributed by atoms with Gasteiger partial charge in [0.2, 0.25) is 11.7 Å². The molecule has 0 aliphatic carbocycles. The van der Waals surface area contributed by atoms with Gasteiger partial charge in [0, 0.05) is 5.69 Å². The van der Waals surface area contributed by atoms with Crippen LogP contribution < -0.4 is 16.6 Å². The molecular formula is C24H23N5O4S. The van der Waals surface area contributed by atoms with Crippen molar-refractivity contribution in [3.63, 3.8) is 0 Å². The molecule has 10 heteroatoms. The molecule has 0 radical (unpaired) electrons. The van der Waals surface area contributed by atoms with E-state index < -0.39 is 5.69 Å². The normalized spacial score (nSPS) is 11.4. The lowest BCUT2D eigenvalue weighted by atomic mass is 10.1. The van der Waals surface area contributed by atoms with Crippen molar-refractivity contribution in [2.24, 2.45) is 0 Å². The monoisotopic (exact) mass is 477 g/mol. The minimum absolute atomic E-state index is 0.121. The Balaban J connectivity index is 1.46. The minimum Gasteiger partial charge on any atom is -0.467 e. The summed E-state index contributed by atoms with van der Waals surface area (Å²) in [6.45, 7) is 1.99. The van der Waals surface area contributed by atoms with Gasteiger partial charge >= 0.3 is 5.69 Å². The van der Waals surface area contributed by atoms with Crippen molar-refractivity contribution in [1.82, 2.24) is 18.7 Å². The lowest BCUT2D eigenvalue weighted by molar-refractivity contribution is -0.117. The first-order valence-corrected chi connectivity index (χ1v) is 11.9. The maximum atomic E-state index is 13.2. The number of thiophene rings is 1. The number of aromatic nitrogens is 4. The number of rotatable bonds is 8. The molecule has 174 valence electrons. The van der Waals surface area contributed by atoms with E-state index in [0.717, 1.165) is 23.9 Å². The first-order valence-electron chi connectivity index (χ1n) is 11.1. The Morgan fingerprint density at radius 2 is 1.97 bits per heavy atom. The Labute approximate surface area is 197 Å². The number of nitrogens with one attached hydrogen (secondary N) is 1. The summed E-state index contributed by atoms with van der Waals surface area (Å²) in [5.74, 6) is 0.334. The number of fused-ring (bicyclic) bond motifs is 3. The Kier molecular flexibility index (Phi) is 5.89. The minimum atomic E-state index is -0.489. The van der Waals surface area contributed by atoms with Gasteiger partial charge in [-0.2, -0.15) is 0 Å². The molecule has 1 N–H and O–H groups in total. The lowest BCUT2D eigenvalue weighted by Gasteiger charge is -2.06. The summed E-state index contributed by atoms with van der Waals surface area (Å²) in [6, 6.07) is 12.9. The molecule has 9 nitrogen and oxygen atoms in total. The zero-order chi connectivity index (χ0) is 23.7. The van der Waals surface area contributed by atoms with E-state index in [4.69, 9.17) is 4.42 Å². The van der Waals surface area contributed by atoms with Crippen molar-refractivity contribution in [2.75, 3.05) is 5.32 Å². The SMILES string of the molecule is CCCCc1ccc(NC(=O)Cn2nc3n(Cc4ccco4)c(=O)c4sccc4n3c2=O)cc1. The zero-order valence-corrected chi connectivity index (χ0v) is 19.4. The highest BCUT2D eigenvalue weighted by Crippen LogP contribution is 2.18. The van der Waals surface area contributed by atoms with Gasteiger partial charge in [-0.05, 0) is 54.1 Å². The fourth-order valence-corrected chi connectivity index (χ4v) is 4.73. The summed E-state index contributed by atoms with van der Waals surface area (Å²) in [5, 5.41) is 8.91. The molecule has 5 aromatic rings. The van der Waals surface area contributed by atoms with Crippen LogP contribution in [0.3, 0.4) is 0 Å². The number of carbonyl (C=O) groups excluding carboxylic acids is 1. The van der Waals surface area contributed by atoms with Gasteiger partial charge in [-0.3, -0.25) is 14.2 Å². The fraction of sp³-hybridized carbons (Fsp3) is 0.250. The summed E-state index contributed by atoms with van der Waals surface area (Å²) in [5.41, 5.74) is 1.58. The number of hydrogen-bond acceptors (Lipinski definition) is 6. The van der Waals surface area contributed by atoms with Crippen molar-refractivity contribution < 1.29 is 9.21 Å². The van der Waals surface area contributed by atoms with Crippen LogP contribution in [-0.4, -0.2) is 24.7 Å². The van der Waals surface area contributed by atoms with Crippen molar-refractivity contribution >= 4 is 38.9 Å². The number of benzene rings is 1. The predicted molar refractivity (Wildman–Crippen MR) is 131 cm³/mol. The Morgan fingerprint density at radius 3 is 2.71 bits per heavy atom. The molecule has 4 heterocycles.